The first-order valence-electron chi connectivity index (χ1n) is 7.87. The molecule has 0 fully saturated rings. The van der Waals surface area contributed by atoms with Crippen molar-refractivity contribution in [1.29, 1.82) is 0 Å². The van der Waals surface area contributed by atoms with E-state index in [9.17, 15) is 30.6 Å². The molecule has 0 saturated heterocycles. The lowest BCUT2D eigenvalue weighted by atomic mass is 10.2. The summed E-state index contributed by atoms with van der Waals surface area (Å²) in [5, 5.41) is 1.92. The van der Waals surface area contributed by atoms with Gasteiger partial charge < -0.3 is 8.92 Å². The first-order valence-corrected chi connectivity index (χ1v) is 10.4. The standard InChI is InChI=1S/C16H12F3N3O6S2/c1-27-15(23)21-14-20-12-6-5-10(8-13(12)22-29(14)24)28-30(25,26)11-4-2-3-9(7-11)16(17,18)19/h2-8,22H,1H3,(H,20,21,23). The van der Waals surface area contributed by atoms with E-state index in [0.29, 0.717) is 6.07 Å². The van der Waals surface area contributed by atoms with Crippen LogP contribution in [0.25, 0.3) is 0 Å². The summed E-state index contributed by atoms with van der Waals surface area (Å²) in [7, 11) is -5.45. The van der Waals surface area contributed by atoms with Gasteiger partial charge in [0.2, 0.25) is 5.17 Å². The second-order valence-corrected chi connectivity index (χ2v) is 8.32. The maximum atomic E-state index is 12.8. The third kappa shape index (κ3) is 4.71. The zero-order chi connectivity index (χ0) is 22.1. The lowest BCUT2D eigenvalue weighted by molar-refractivity contribution is -0.137. The van der Waals surface area contributed by atoms with Gasteiger partial charge in [-0.25, -0.2) is 14.0 Å². The van der Waals surface area contributed by atoms with Gasteiger partial charge in [0.1, 0.15) is 10.6 Å². The van der Waals surface area contributed by atoms with Crippen molar-refractivity contribution >= 4 is 43.7 Å². The summed E-state index contributed by atoms with van der Waals surface area (Å²) in [5.41, 5.74) is -0.833. The molecule has 2 N–H and O–H groups in total. The molecule has 3 rings (SSSR count). The fourth-order valence-corrected chi connectivity index (χ4v) is 4.05. The number of nitrogens with zero attached hydrogens (tertiary/aromatic N) is 1. The molecule has 1 unspecified atom stereocenters. The topological polar surface area (TPSA) is 123 Å². The Morgan fingerprint density at radius 2 is 1.93 bits per heavy atom. The maximum Gasteiger partial charge on any atom is 0.416 e. The van der Waals surface area contributed by atoms with E-state index in [2.05, 4.69) is 19.8 Å². The Morgan fingerprint density at radius 3 is 2.60 bits per heavy atom. The summed E-state index contributed by atoms with van der Waals surface area (Å²) in [5.74, 6) is -0.254. The number of ether oxygens (including phenoxy) is 1. The molecule has 30 heavy (non-hydrogen) atoms. The molecule has 14 heteroatoms. The number of alkyl carbamates (subject to hydrolysis) is 1. The van der Waals surface area contributed by atoms with Crippen LogP contribution in [-0.4, -0.2) is 31.0 Å². The van der Waals surface area contributed by atoms with Crippen molar-refractivity contribution in [2.45, 2.75) is 11.1 Å². The number of fused-ring (bicyclic) bond motifs is 1. The molecule has 0 bridgehead atoms. The number of aliphatic imine (C=N–C) groups is 1. The first-order chi connectivity index (χ1) is 14.0. The minimum absolute atomic E-state index is 0.112. The second kappa shape index (κ2) is 7.95. The molecule has 0 saturated carbocycles. The number of methoxy groups -OCH3 is 1. The normalized spacial score (nSPS) is 16.0. The number of hydrogen-bond acceptors (Lipinski definition) is 7. The number of nitrogens with one attached hydrogen (secondary N) is 2. The van der Waals surface area contributed by atoms with Crippen molar-refractivity contribution in [3.8, 4) is 5.75 Å². The summed E-state index contributed by atoms with van der Waals surface area (Å²) in [4.78, 5) is 14.5. The van der Waals surface area contributed by atoms with Gasteiger partial charge in [0.25, 0.3) is 0 Å². The fraction of sp³-hybridized carbons (Fsp3) is 0.125. The number of carbonyl (C=O) groups excluding carboxylic acids is 1. The fourth-order valence-electron chi connectivity index (χ4n) is 2.26. The van der Waals surface area contributed by atoms with Gasteiger partial charge in [-0.2, -0.15) is 21.6 Å². The predicted octanol–water partition coefficient (Wildman–Crippen LogP) is 2.91. The molecule has 1 aliphatic rings. The Morgan fingerprint density at radius 1 is 1.20 bits per heavy atom. The van der Waals surface area contributed by atoms with E-state index >= 15 is 0 Å². The first kappa shape index (κ1) is 21.6. The van der Waals surface area contributed by atoms with E-state index in [-0.39, 0.29) is 22.3 Å². The molecular weight excluding hydrogens is 451 g/mol. The summed E-state index contributed by atoms with van der Waals surface area (Å²) in [6.07, 6.45) is -5.61. The number of rotatable bonds is 3. The van der Waals surface area contributed by atoms with Gasteiger partial charge in [0, 0.05) is 6.07 Å². The van der Waals surface area contributed by atoms with E-state index < -0.39 is 43.8 Å². The number of benzene rings is 2. The molecule has 1 atom stereocenters. The highest BCUT2D eigenvalue weighted by Gasteiger charge is 2.32. The predicted molar refractivity (Wildman–Crippen MR) is 100 cm³/mol. The number of amidine groups is 1. The van der Waals surface area contributed by atoms with Gasteiger partial charge in [-0.3, -0.25) is 10.0 Å². The van der Waals surface area contributed by atoms with E-state index in [1.807, 2.05) is 0 Å². The zero-order valence-electron chi connectivity index (χ0n) is 14.9. The highest BCUT2D eigenvalue weighted by molar-refractivity contribution is 8.01. The number of alkyl halides is 3. The lowest BCUT2D eigenvalue weighted by Crippen LogP contribution is -2.36. The van der Waals surface area contributed by atoms with Gasteiger partial charge in [-0.1, -0.05) is 6.07 Å². The van der Waals surface area contributed by atoms with Crippen LogP contribution in [0.5, 0.6) is 5.75 Å². The minimum atomic E-state index is -4.72. The Labute approximate surface area is 170 Å². The molecule has 2 aromatic rings. The molecule has 2 aromatic carbocycles. The number of halogens is 3. The summed E-state index contributed by atoms with van der Waals surface area (Å²) >= 11 is 0. The van der Waals surface area contributed by atoms with Crippen LogP contribution >= 0.6 is 0 Å². The largest absolute Gasteiger partial charge is 0.453 e. The van der Waals surface area contributed by atoms with E-state index in [0.717, 1.165) is 31.4 Å². The van der Waals surface area contributed by atoms with Crippen LogP contribution in [0.3, 0.4) is 0 Å². The SMILES string of the molecule is COC(=O)NC1=Nc2ccc(OS(=O)(=O)c3cccc(C(F)(F)F)c3)cc2NS1=O. The van der Waals surface area contributed by atoms with Crippen molar-refractivity contribution in [1.82, 2.24) is 5.32 Å². The Kier molecular flexibility index (Phi) is 5.72. The average Bonchev–Trinajstić information content (AvgIpc) is 2.67. The van der Waals surface area contributed by atoms with Crippen LogP contribution in [-0.2, 0) is 32.0 Å². The number of amides is 1. The van der Waals surface area contributed by atoms with Gasteiger partial charge in [-0.05, 0) is 30.3 Å². The zero-order valence-corrected chi connectivity index (χ0v) is 16.5. The number of hydrogen-bond donors (Lipinski definition) is 2. The summed E-state index contributed by atoms with van der Waals surface area (Å²) in [6.45, 7) is 0. The molecule has 1 heterocycles. The van der Waals surface area contributed by atoms with Crippen molar-refractivity contribution in [2.24, 2.45) is 4.99 Å². The van der Waals surface area contributed by atoms with Gasteiger partial charge >= 0.3 is 22.4 Å². The summed E-state index contributed by atoms with van der Waals surface area (Å²) in [6, 6.07) is 6.74. The van der Waals surface area contributed by atoms with Crippen LogP contribution in [0.1, 0.15) is 5.56 Å². The van der Waals surface area contributed by atoms with Crippen molar-refractivity contribution in [3.05, 3.63) is 48.0 Å². The second-order valence-electron chi connectivity index (χ2n) is 5.65. The molecule has 1 amide bonds. The lowest BCUT2D eigenvalue weighted by Gasteiger charge is -2.17. The van der Waals surface area contributed by atoms with Crippen LogP contribution in [0.4, 0.5) is 29.3 Å². The third-order valence-corrected chi connectivity index (χ3v) is 5.81. The molecule has 0 radical (unpaired) electrons. The maximum absolute atomic E-state index is 12.8. The molecule has 1 aliphatic heterocycles. The van der Waals surface area contributed by atoms with Crippen LogP contribution in [0, 0.1) is 0 Å². The van der Waals surface area contributed by atoms with Gasteiger partial charge in [-0.15, -0.1) is 0 Å². The summed E-state index contributed by atoms with van der Waals surface area (Å²) < 4.78 is 87.0. The highest BCUT2D eigenvalue weighted by atomic mass is 32.2. The molecule has 0 aromatic heterocycles. The average molecular weight is 463 g/mol. The van der Waals surface area contributed by atoms with E-state index in [1.54, 1.807) is 0 Å². The van der Waals surface area contributed by atoms with E-state index in [4.69, 9.17) is 4.18 Å². The Balaban J connectivity index is 1.87. The van der Waals surface area contributed by atoms with Crippen molar-refractivity contribution in [2.75, 3.05) is 11.8 Å². The molecule has 160 valence electrons. The van der Waals surface area contributed by atoms with Crippen molar-refractivity contribution in [3.63, 3.8) is 0 Å². The molecule has 9 nitrogen and oxygen atoms in total. The molecule has 0 aliphatic carbocycles. The van der Waals surface area contributed by atoms with Crippen LogP contribution in [0.15, 0.2) is 52.4 Å². The highest BCUT2D eigenvalue weighted by Crippen LogP contribution is 2.35. The van der Waals surface area contributed by atoms with Gasteiger partial charge in [0.15, 0.2) is 11.0 Å². The van der Waals surface area contributed by atoms with Crippen LogP contribution < -0.4 is 14.2 Å². The number of carbonyl (C=O) groups is 1. The van der Waals surface area contributed by atoms with Gasteiger partial charge in [0.05, 0.1) is 24.0 Å². The van der Waals surface area contributed by atoms with E-state index in [1.165, 1.54) is 12.1 Å². The monoisotopic (exact) mass is 463 g/mol. The quantitative estimate of drug-likeness (QED) is 0.675. The molecule has 0 spiro atoms. The van der Waals surface area contributed by atoms with Crippen LogP contribution in [0.2, 0.25) is 0 Å². The Hall–Kier alpha value is -3.13. The third-order valence-electron chi connectivity index (χ3n) is 3.62. The van der Waals surface area contributed by atoms with Crippen molar-refractivity contribution < 1.29 is 39.5 Å². The smallest absolute Gasteiger partial charge is 0.416 e. The Bertz CT molecular complexity index is 1170. The number of anilines is 1. The molecular formula is C16H12F3N3O6S2. The minimum Gasteiger partial charge on any atom is -0.453 e.